The van der Waals surface area contributed by atoms with Crippen LogP contribution >= 0.6 is 0 Å². The maximum Gasteiger partial charge on any atom is 0.253 e. The Morgan fingerprint density at radius 3 is 2.56 bits per heavy atom. The van der Waals surface area contributed by atoms with Gasteiger partial charge in [-0.05, 0) is 62.4 Å². The van der Waals surface area contributed by atoms with Crippen LogP contribution in [0.3, 0.4) is 0 Å². The highest BCUT2D eigenvalue weighted by Crippen LogP contribution is 2.46. The molecule has 3 atom stereocenters. The molecule has 3 aliphatic rings. The van der Waals surface area contributed by atoms with Gasteiger partial charge >= 0.3 is 0 Å². The number of amides is 2. The molecule has 6 heteroatoms. The normalized spacial score (nSPS) is 30.9. The highest BCUT2D eigenvalue weighted by molar-refractivity contribution is 5.97. The van der Waals surface area contributed by atoms with Gasteiger partial charge < -0.3 is 20.7 Å². The zero-order valence-corrected chi connectivity index (χ0v) is 14.3. The lowest BCUT2D eigenvalue weighted by atomic mass is 9.80. The van der Waals surface area contributed by atoms with Crippen LogP contribution in [0.1, 0.15) is 32.1 Å². The van der Waals surface area contributed by atoms with E-state index in [9.17, 15) is 9.59 Å². The number of benzene rings is 1. The van der Waals surface area contributed by atoms with Crippen LogP contribution in [0.2, 0.25) is 0 Å². The monoisotopic (exact) mass is 343 g/mol. The van der Waals surface area contributed by atoms with E-state index in [-0.39, 0.29) is 23.3 Å². The molecule has 4 rings (SSSR count). The molecule has 1 aliphatic carbocycles. The fraction of sp³-hybridized carbons (Fsp3) is 0.579. The topological polar surface area (TPSA) is 79.5 Å². The van der Waals surface area contributed by atoms with Crippen molar-refractivity contribution in [1.82, 2.24) is 5.32 Å². The Hall–Kier alpha value is -1.92. The number of rotatable bonds is 4. The van der Waals surface area contributed by atoms with Gasteiger partial charge in [-0.2, -0.15) is 0 Å². The standard InChI is InChI=1S/C19H25N3O3/c23-17(16-4-2-10-25-16)21-14-5-7-15(8-6-14)22-18(24)19-9-1-3-13(19)11-20-12-19/h5-8,13,16,20H,1-4,9-12H2,(H,21,23)(H,22,24)/t13-,16+,19-/m1/s1. The van der Waals surface area contributed by atoms with E-state index in [2.05, 4.69) is 16.0 Å². The molecule has 2 heterocycles. The summed E-state index contributed by atoms with van der Waals surface area (Å²) in [5.41, 5.74) is 1.25. The van der Waals surface area contributed by atoms with Crippen molar-refractivity contribution in [3.8, 4) is 0 Å². The first kappa shape index (κ1) is 16.5. The van der Waals surface area contributed by atoms with Crippen LogP contribution in [0.15, 0.2) is 24.3 Å². The van der Waals surface area contributed by atoms with Gasteiger partial charge in [-0.15, -0.1) is 0 Å². The smallest absolute Gasteiger partial charge is 0.253 e. The van der Waals surface area contributed by atoms with Crippen molar-refractivity contribution in [2.24, 2.45) is 11.3 Å². The lowest BCUT2D eigenvalue weighted by Crippen LogP contribution is -2.39. The number of carbonyl (C=O) groups excluding carboxylic acids is 2. The molecule has 1 saturated carbocycles. The summed E-state index contributed by atoms with van der Waals surface area (Å²) in [6.45, 7) is 2.38. The average molecular weight is 343 g/mol. The van der Waals surface area contributed by atoms with Crippen molar-refractivity contribution >= 4 is 23.2 Å². The van der Waals surface area contributed by atoms with Gasteiger partial charge in [0.15, 0.2) is 0 Å². The zero-order valence-electron chi connectivity index (χ0n) is 14.3. The first-order valence-corrected chi connectivity index (χ1v) is 9.22. The van der Waals surface area contributed by atoms with Gasteiger partial charge in [0, 0.05) is 24.5 Å². The molecule has 0 spiro atoms. The predicted molar refractivity (Wildman–Crippen MR) is 95.3 cm³/mol. The number of carbonyl (C=O) groups is 2. The lowest BCUT2D eigenvalue weighted by Gasteiger charge is -2.26. The summed E-state index contributed by atoms with van der Waals surface area (Å²) in [6.07, 6.45) is 4.60. The molecule has 0 bridgehead atoms. The molecule has 25 heavy (non-hydrogen) atoms. The fourth-order valence-corrected chi connectivity index (χ4v) is 4.42. The second-order valence-electron chi connectivity index (χ2n) is 7.40. The van der Waals surface area contributed by atoms with Crippen LogP contribution < -0.4 is 16.0 Å². The predicted octanol–water partition coefficient (Wildman–Crippen LogP) is 2.13. The molecule has 3 N–H and O–H groups in total. The van der Waals surface area contributed by atoms with Crippen molar-refractivity contribution in [3.63, 3.8) is 0 Å². The van der Waals surface area contributed by atoms with Gasteiger partial charge in [0.05, 0.1) is 5.41 Å². The molecule has 0 aromatic heterocycles. The van der Waals surface area contributed by atoms with Gasteiger partial charge in [0.1, 0.15) is 6.10 Å². The zero-order chi connectivity index (χ0) is 17.3. The molecule has 2 aliphatic heterocycles. The molecular weight excluding hydrogens is 318 g/mol. The van der Waals surface area contributed by atoms with Crippen LogP contribution in [0.25, 0.3) is 0 Å². The second-order valence-corrected chi connectivity index (χ2v) is 7.40. The molecule has 2 amide bonds. The summed E-state index contributed by atoms with van der Waals surface area (Å²) < 4.78 is 5.38. The highest BCUT2D eigenvalue weighted by atomic mass is 16.5. The van der Waals surface area contributed by atoms with Gasteiger partial charge in [0.25, 0.3) is 5.91 Å². The Kier molecular flexibility index (Phi) is 4.48. The summed E-state index contributed by atoms with van der Waals surface area (Å²) in [4.78, 5) is 24.9. The van der Waals surface area contributed by atoms with E-state index in [1.807, 2.05) is 24.3 Å². The highest BCUT2D eigenvalue weighted by Gasteiger charge is 2.51. The van der Waals surface area contributed by atoms with Crippen molar-refractivity contribution in [2.75, 3.05) is 30.3 Å². The summed E-state index contributed by atoms with van der Waals surface area (Å²) in [7, 11) is 0. The minimum Gasteiger partial charge on any atom is -0.368 e. The maximum absolute atomic E-state index is 12.8. The van der Waals surface area contributed by atoms with Crippen molar-refractivity contribution in [3.05, 3.63) is 24.3 Å². The molecule has 1 aromatic rings. The van der Waals surface area contributed by atoms with Crippen LogP contribution in [-0.2, 0) is 14.3 Å². The minimum atomic E-state index is -0.340. The summed E-state index contributed by atoms with van der Waals surface area (Å²) in [5.74, 6) is 0.479. The van der Waals surface area contributed by atoms with Crippen LogP contribution in [-0.4, -0.2) is 37.6 Å². The van der Waals surface area contributed by atoms with E-state index in [0.717, 1.165) is 56.6 Å². The quantitative estimate of drug-likeness (QED) is 0.782. The number of anilines is 2. The van der Waals surface area contributed by atoms with Gasteiger partial charge in [-0.3, -0.25) is 9.59 Å². The van der Waals surface area contributed by atoms with Crippen LogP contribution in [0.5, 0.6) is 0 Å². The SMILES string of the molecule is O=C(Nc1ccc(NC(=O)[C@@]23CCC[C@@H]2CNC3)cc1)[C@@H]1CCCO1. The molecular formula is C19H25N3O3. The number of nitrogens with one attached hydrogen (secondary N) is 3. The third kappa shape index (κ3) is 3.16. The van der Waals surface area contributed by atoms with Gasteiger partial charge in [0.2, 0.25) is 5.91 Å². The number of hydrogen-bond donors (Lipinski definition) is 3. The molecule has 0 unspecified atom stereocenters. The van der Waals surface area contributed by atoms with Crippen molar-refractivity contribution in [1.29, 1.82) is 0 Å². The molecule has 6 nitrogen and oxygen atoms in total. The van der Waals surface area contributed by atoms with E-state index in [1.54, 1.807) is 0 Å². The second kappa shape index (κ2) is 6.77. The maximum atomic E-state index is 12.8. The van der Waals surface area contributed by atoms with E-state index in [1.165, 1.54) is 0 Å². The first-order chi connectivity index (χ1) is 12.2. The summed E-state index contributed by atoms with van der Waals surface area (Å²) >= 11 is 0. The molecule has 3 fully saturated rings. The Labute approximate surface area is 147 Å². The van der Waals surface area contributed by atoms with Crippen LogP contribution in [0.4, 0.5) is 11.4 Å². The first-order valence-electron chi connectivity index (χ1n) is 9.22. The fourth-order valence-electron chi connectivity index (χ4n) is 4.42. The Bertz CT molecular complexity index is 642. The molecule has 134 valence electrons. The van der Waals surface area contributed by atoms with Crippen molar-refractivity contribution < 1.29 is 14.3 Å². The third-order valence-corrected chi connectivity index (χ3v) is 5.87. The third-order valence-electron chi connectivity index (χ3n) is 5.87. The largest absolute Gasteiger partial charge is 0.368 e. The van der Waals surface area contributed by atoms with Gasteiger partial charge in [-0.1, -0.05) is 6.42 Å². The molecule has 0 radical (unpaired) electrons. The Morgan fingerprint density at radius 2 is 1.84 bits per heavy atom. The minimum absolute atomic E-state index is 0.0981. The summed E-state index contributed by atoms with van der Waals surface area (Å²) in [5, 5.41) is 9.30. The lowest BCUT2D eigenvalue weighted by molar-refractivity contribution is -0.126. The number of ether oxygens (including phenoxy) is 1. The van der Waals surface area contributed by atoms with E-state index >= 15 is 0 Å². The number of hydrogen-bond acceptors (Lipinski definition) is 4. The van der Waals surface area contributed by atoms with E-state index in [4.69, 9.17) is 4.74 Å². The average Bonchev–Trinajstić information content (AvgIpc) is 3.33. The van der Waals surface area contributed by atoms with E-state index < -0.39 is 0 Å². The Morgan fingerprint density at radius 1 is 1.08 bits per heavy atom. The van der Waals surface area contributed by atoms with Crippen LogP contribution in [0, 0.1) is 11.3 Å². The Balaban J connectivity index is 1.37. The molecule has 1 aromatic carbocycles. The molecule has 2 saturated heterocycles. The summed E-state index contributed by atoms with van der Waals surface area (Å²) in [6, 6.07) is 7.32. The van der Waals surface area contributed by atoms with Gasteiger partial charge in [-0.25, -0.2) is 0 Å². The van der Waals surface area contributed by atoms with Crippen molar-refractivity contribution in [2.45, 2.75) is 38.2 Å². The van der Waals surface area contributed by atoms with E-state index in [0.29, 0.717) is 12.5 Å². The number of fused-ring (bicyclic) bond motifs is 1.